The molecule has 52 heavy (non-hydrogen) atoms. The van der Waals surface area contributed by atoms with E-state index in [1.807, 2.05) is 41.8 Å². The molecule has 10 aromatic rings. The molecule has 0 aliphatic carbocycles. The molecule has 7 nitrogen and oxygen atoms in total. The summed E-state index contributed by atoms with van der Waals surface area (Å²) in [5.41, 5.74) is 16.4. The molecule has 2 N–H and O–H groups in total. The second kappa shape index (κ2) is 16.4. The summed E-state index contributed by atoms with van der Waals surface area (Å²) in [6.07, 6.45) is 7.60. The molecular formula is C44H45N7S. The van der Waals surface area contributed by atoms with E-state index in [-0.39, 0.29) is 0 Å². The molecule has 10 rings (SSSR count). The Hall–Kier alpha value is -5.99. The van der Waals surface area contributed by atoms with E-state index in [1.165, 1.54) is 59.8 Å². The first-order chi connectivity index (χ1) is 25.1. The van der Waals surface area contributed by atoms with Crippen molar-refractivity contribution in [1.29, 1.82) is 0 Å². The highest BCUT2D eigenvalue weighted by Crippen LogP contribution is 2.19. The van der Waals surface area contributed by atoms with E-state index in [0.29, 0.717) is 0 Å². The second-order valence-electron chi connectivity index (χ2n) is 13.2. The Morgan fingerprint density at radius 1 is 0.500 bits per heavy atom. The molecule has 0 spiro atoms. The monoisotopic (exact) mass is 703 g/mol. The van der Waals surface area contributed by atoms with Crippen molar-refractivity contribution < 1.29 is 0 Å². The van der Waals surface area contributed by atoms with Crippen LogP contribution in [0.4, 0.5) is 0 Å². The number of aromatic nitrogens is 7. The first-order valence-electron chi connectivity index (χ1n) is 17.3. The molecule has 5 heterocycles. The van der Waals surface area contributed by atoms with E-state index in [4.69, 9.17) is 0 Å². The van der Waals surface area contributed by atoms with Crippen LogP contribution in [0.5, 0.6) is 0 Å². The highest BCUT2D eigenvalue weighted by atomic mass is 32.1. The summed E-state index contributed by atoms with van der Waals surface area (Å²) >= 11 is 1.69. The van der Waals surface area contributed by atoms with Gasteiger partial charge in [0, 0.05) is 37.5 Å². The van der Waals surface area contributed by atoms with Crippen LogP contribution in [0, 0.1) is 34.6 Å². The predicted octanol–water partition coefficient (Wildman–Crippen LogP) is 11.3. The van der Waals surface area contributed by atoms with E-state index < -0.39 is 0 Å². The van der Waals surface area contributed by atoms with Gasteiger partial charge in [0.2, 0.25) is 0 Å². The largest absolute Gasteiger partial charge is 0.361 e. The van der Waals surface area contributed by atoms with Crippen molar-refractivity contribution in [2.45, 2.75) is 34.6 Å². The third-order valence-corrected chi connectivity index (χ3v) is 9.49. The number of rotatable bonds is 0. The standard InChI is InChI=1S/C10H11N.C9H10N2.C9H9N.C8H8N2.C8H7NS/c1-8-3-4-9-5-6-11(2)10(9)7-8;1-7-3-4-8-9(5-7)11(2)6-10-8;1-7-2-3-8-4-5-10-9(8)6-7;2*1-6-2-3-7-8(4-6)10-5-9-7/h3-7H,1-2H3;3-6H,1-2H3;2-6,10H,1H3;2-5H,1H3,(H,9,10);2-5H,1H3. The van der Waals surface area contributed by atoms with E-state index in [9.17, 15) is 0 Å². The number of thiazole rings is 1. The molecule has 0 aliphatic heterocycles. The number of aromatic amines is 2. The van der Waals surface area contributed by atoms with Crippen molar-refractivity contribution in [3.8, 4) is 0 Å². The fourth-order valence-electron chi connectivity index (χ4n) is 5.78. The average Bonchev–Trinajstić information content (AvgIpc) is 3.99. The number of aryl methyl sites for hydroxylation is 7. The molecule has 0 fully saturated rings. The molecule has 5 aromatic heterocycles. The topological polar surface area (TPSA) is 80.1 Å². The minimum atomic E-state index is 1.03. The molecule has 8 heteroatoms. The Morgan fingerprint density at radius 3 is 1.88 bits per heavy atom. The van der Waals surface area contributed by atoms with Crippen LogP contribution in [-0.4, -0.2) is 34.1 Å². The summed E-state index contributed by atoms with van der Waals surface area (Å²) < 4.78 is 5.45. The van der Waals surface area contributed by atoms with Crippen molar-refractivity contribution in [2.24, 2.45) is 14.1 Å². The fourth-order valence-corrected chi connectivity index (χ4v) is 6.56. The number of hydrogen-bond acceptors (Lipinski definition) is 4. The van der Waals surface area contributed by atoms with Gasteiger partial charge in [-0.25, -0.2) is 15.0 Å². The first kappa shape index (κ1) is 35.8. The van der Waals surface area contributed by atoms with Crippen LogP contribution < -0.4 is 0 Å². The van der Waals surface area contributed by atoms with E-state index in [1.54, 1.807) is 17.7 Å². The molecule has 0 unspecified atom stereocenters. The van der Waals surface area contributed by atoms with Crippen molar-refractivity contribution in [2.75, 3.05) is 0 Å². The van der Waals surface area contributed by atoms with Gasteiger partial charge in [0.15, 0.2) is 0 Å². The van der Waals surface area contributed by atoms with Crippen molar-refractivity contribution in [1.82, 2.24) is 34.1 Å². The van der Waals surface area contributed by atoms with Gasteiger partial charge < -0.3 is 19.1 Å². The maximum absolute atomic E-state index is 4.22. The van der Waals surface area contributed by atoms with Gasteiger partial charge in [-0.1, -0.05) is 42.5 Å². The molecular weight excluding hydrogens is 659 g/mol. The lowest BCUT2D eigenvalue weighted by Crippen LogP contribution is -1.83. The lowest BCUT2D eigenvalue weighted by molar-refractivity contribution is 0.947. The summed E-state index contributed by atoms with van der Waals surface area (Å²) in [5.74, 6) is 0. The first-order valence-corrected chi connectivity index (χ1v) is 18.1. The van der Waals surface area contributed by atoms with Crippen LogP contribution in [0.25, 0.3) is 54.1 Å². The smallest absolute Gasteiger partial charge is 0.0955 e. The molecule has 0 amide bonds. The average molecular weight is 704 g/mol. The number of fused-ring (bicyclic) bond motifs is 5. The van der Waals surface area contributed by atoms with Crippen molar-refractivity contribution in [3.63, 3.8) is 0 Å². The second-order valence-corrected chi connectivity index (χ2v) is 14.0. The molecule has 5 aromatic carbocycles. The summed E-state index contributed by atoms with van der Waals surface area (Å²) in [6.45, 7) is 10.5. The van der Waals surface area contributed by atoms with E-state index >= 15 is 0 Å². The Kier molecular flexibility index (Phi) is 11.3. The van der Waals surface area contributed by atoms with Gasteiger partial charge >= 0.3 is 0 Å². The molecule has 0 saturated heterocycles. The highest BCUT2D eigenvalue weighted by Gasteiger charge is 1.98. The zero-order chi connectivity index (χ0) is 36.6. The summed E-state index contributed by atoms with van der Waals surface area (Å²) in [4.78, 5) is 18.7. The van der Waals surface area contributed by atoms with Crippen LogP contribution in [0.2, 0.25) is 0 Å². The summed E-state index contributed by atoms with van der Waals surface area (Å²) in [6, 6.07) is 35.8. The normalized spacial score (nSPS) is 10.6. The number of nitrogens with one attached hydrogen (secondary N) is 2. The van der Waals surface area contributed by atoms with Crippen LogP contribution in [0.3, 0.4) is 0 Å². The van der Waals surface area contributed by atoms with Gasteiger partial charge in [0.25, 0.3) is 0 Å². The molecule has 0 saturated carbocycles. The zero-order valence-corrected chi connectivity index (χ0v) is 31.7. The van der Waals surface area contributed by atoms with Crippen molar-refractivity contribution >= 4 is 65.4 Å². The fraction of sp³-hybridized carbons (Fsp3) is 0.159. The lowest BCUT2D eigenvalue weighted by Gasteiger charge is -1.96. The minimum Gasteiger partial charge on any atom is -0.361 e. The van der Waals surface area contributed by atoms with Gasteiger partial charge in [-0.3, -0.25) is 0 Å². The molecule has 0 radical (unpaired) electrons. The van der Waals surface area contributed by atoms with Gasteiger partial charge in [0.1, 0.15) is 0 Å². The lowest BCUT2D eigenvalue weighted by atomic mass is 10.2. The minimum absolute atomic E-state index is 1.03. The van der Waals surface area contributed by atoms with Crippen LogP contribution >= 0.6 is 11.3 Å². The van der Waals surface area contributed by atoms with Gasteiger partial charge in [-0.15, -0.1) is 11.3 Å². The van der Waals surface area contributed by atoms with E-state index in [0.717, 1.165) is 22.1 Å². The predicted molar refractivity (Wildman–Crippen MR) is 221 cm³/mol. The zero-order valence-electron chi connectivity index (χ0n) is 30.8. The number of benzene rings is 5. The maximum Gasteiger partial charge on any atom is 0.0955 e. The Labute approximate surface area is 308 Å². The van der Waals surface area contributed by atoms with Gasteiger partial charge in [0.05, 0.1) is 50.4 Å². The summed E-state index contributed by atoms with van der Waals surface area (Å²) in [7, 11) is 4.08. The number of imidazole rings is 2. The molecule has 0 atom stereocenters. The van der Waals surface area contributed by atoms with Crippen LogP contribution in [-0.2, 0) is 14.1 Å². The van der Waals surface area contributed by atoms with Gasteiger partial charge in [-0.05, 0) is 134 Å². The Bertz CT molecular complexity index is 2440. The summed E-state index contributed by atoms with van der Waals surface area (Å²) in [5, 5.41) is 2.60. The Balaban J connectivity index is 0.000000112. The molecule has 262 valence electrons. The number of H-pyrrole nitrogens is 2. The molecule has 0 aliphatic rings. The number of nitrogens with zero attached hydrogens (tertiary/aromatic N) is 5. The highest BCUT2D eigenvalue weighted by molar-refractivity contribution is 7.16. The maximum atomic E-state index is 4.22. The van der Waals surface area contributed by atoms with Crippen LogP contribution in [0.15, 0.2) is 134 Å². The molecule has 0 bridgehead atoms. The van der Waals surface area contributed by atoms with Crippen LogP contribution in [0.1, 0.15) is 27.8 Å². The van der Waals surface area contributed by atoms with Gasteiger partial charge in [-0.2, -0.15) is 0 Å². The third-order valence-electron chi connectivity index (χ3n) is 8.70. The third kappa shape index (κ3) is 9.02. The van der Waals surface area contributed by atoms with Crippen molar-refractivity contribution in [3.05, 3.63) is 162 Å². The quantitative estimate of drug-likeness (QED) is 0.165. The Morgan fingerprint density at radius 2 is 1.12 bits per heavy atom. The van der Waals surface area contributed by atoms with E-state index in [2.05, 4.69) is 168 Å². The SMILES string of the molecule is Cc1ccc2cc[nH]c2c1.Cc1ccc2ccn(C)c2c1.Cc1ccc2nc[nH]c2c1.Cc1ccc2ncn(C)c2c1.Cc1ccc2ncsc2c1. The number of hydrogen-bond donors (Lipinski definition) is 2.